The number of nitrogens with zero attached hydrogens (tertiary/aromatic N) is 3. The highest BCUT2D eigenvalue weighted by Gasteiger charge is 2.18. The van der Waals surface area contributed by atoms with Crippen molar-refractivity contribution in [3.8, 4) is 5.75 Å². The van der Waals surface area contributed by atoms with Crippen LogP contribution in [0.2, 0.25) is 5.02 Å². The number of aromatic nitrogens is 3. The summed E-state index contributed by atoms with van der Waals surface area (Å²) in [5, 5.41) is 1.65. The Kier molecular flexibility index (Phi) is 5.19. The van der Waals surface area contributed by atoms with Crippen molar-refractivity contribution in [2.45, 2.75) is 20.0 Å². The van der Waals surface area contributed by atoms with Gasteiger partial charge in [0.15, 0.2) is 0 Å². The van der Waals surface area contributed by atoms with Gasteiger partial charge in [-0.15, -0.1) is 0 Å². The molecule has 32 heavy (non-hydrogen) atoms. The lowest BCUT2D eigenvalue weighted by Gasteiger charge is -2.11. The van der Waals surface area contributed by atoms with Gasteiger partial charge in [-0.2, -0.15) is 0 Å². The van der Waals surface area contributed by atoms with Crippen LogP contribution in [0.4, 0.5) is 0 Å². The SMILES string of the molecule is COc1cccc(Cn2cnc3c4cc(C)ccc4n(Cc4ccccc4Cl)c3c2=O)c1. The summed E-state index contributed by atoms with van der Waals surface area (Å²) >= 11 is 6.45. The number of rotatable bonds is 5. The molecule has 5 aromatic rings. The first-order valence-electron chi connectivity index (χ1n) is 10.4. The fraction of sp³-hybridized carbons (Fsp3) is 0.154. The van der Waals surface area contributed by atoms with Crippen LogP contribution in [0.15, 0.2) is 77.9 Å². The zero-order valence-electron chi connectivity index (χ0n) is 17.9. The van der Waals surface area contributed by atoms with Gasteiger partial charge in [0, 0.05) is 17.0 Å². The molecule has 5 rings (SSSR count). The number of fused-ring (bicyclic) bond motifs is 3. The first kappa shape index (κ1) is 20.3. The molecule has 160 valence electrons. The van der Waals surface area contributed by atoms with Gasteiger partial charge in [-0.1, -0.05) is 53.6 Å². The molecular formula is C26H22ClN3O2. The standard InChI is InChI=1S/C26H22ClN3O2/c1-17-10-11-23-21(12-17)24-25(30(23)15-19-7-3-4-9-22(19)27)26(31)29(16-28-24)14-18-6-5-8-20(13-18)32-2/h3-13,16H,14-15H2,1-2H3. The van der Waals surface area contributed by atoms with Crippen LogP contribution in [0.3, 0.4) is 0 Å². The highest BCUT2D eigenvalue weighted by Crippen LogP contribution is 2.28. The van der Waals surface area contributed by atoms with Crippen LogP contribution in [0.25, 0.3) is 21.9 Å². The van der Waals surface area contributed by atoms with E-state index in [2.05, 4.69) is 18.2 Å². The molecule has 5 nitrogen and oxygen atoms in total. The Morgan fingerprint density at radius 3 is 2.66 bits per heavy atom. The van der Waals surface area contributed by atoms with E-state index in [1.54, 1.807) is 18.0 Å². The summed E-state index contributed by atoms with van der Waals surface area (Å²) in [4.78, 5) is 18.4. The molecule has 0 unspecified atom stereocenters. The largest absolute Gasteiger partial charge is 0.497 e. The van der Waals surface area contributed by atoms with Crippen molar-refractivity contribution in [3.63, 3.8) is 0 Å². The van der Waals surface area contributed by atoms with Crippen LogP contribution < -0.4 is 10.3 Å². The smallest absolute Gasteiger partial charge is 0.278 e. The number of halogens is 1. The molecule has 0 aliphatic heterocycles. The molecule has 0 bridgehead atoms. The normalized spacial score (nSPS) is 11.3. The second-order valence-corrected chi connectivity index (χ2v) is 8.33. The zero-order valence-corrected chi connectivity index (χ0v) is 18.6. The lowest BCUT2D eigenvalue weighted by Crippen LogP contribution is -2.23. The monoisotopic (exact) mass is 443 g/mol. The molecule has 0 radical (unpaired) electrons. The van der Waals surface area contributed by atoms with Crippen LogP contribution in [0, 0.1) is 6.92 Å². The number of aryl methyl sites for hydroxylation is 1. The Morgan fingerprint density at radius 2 is 1.84 bits per heavy atom. The van der Waals surface area contributed by atoms with Crippen LogP contribution in [-0.4, -0.2) is 21.2 Å². The predicted octanol–water partition coefficient (Wildman–Crippen LogP) is 5.42. The van der Waals surface area contributed by atoms with Gasteiger partial charge in [0.05, 0.1) is 25.5 Å². The molecule has 0 amide bonds. The summed E-state index contributed by atoms with van der Waals surface area (Å²) < 4.78 is 9.00. The van der Waals surface area contributed by atoms with Crippen molar-refractivity contribution in [2.24, 2.45) is 0 Å². The lowest BCUT2D eigenvalue weighted by molar-refractivity contribution is 0.414. The van der Waals surface area contributed by atoms with Gasteiger partial charge in [-0.05, 0) is 48.4 Å². The van der Waals surface area contributed by atoms with E-state index in [0.717, 1.165) is 33.3 Å². The number of benzene rings is 3. The third-order valence-corrected chi connectivity index (χ3v) is 6.12. The molecule has 2 aromatic heterocycles. The van der Waals surface area contributed by atoms with E-state index >= 15 is 0 Å². The molecule has 0 atom stereocenters. The summed E-state index contributed by atoms with van der Waals surface area (Å²) in [5.74, 6) is 0.757. The summed E-state index contributed by atoms with van der Waals surface area (Å²) in [6.07, 6.45) is 1.63. The van der Waals surface area contributed by atoms with Crippen LogP contribution in [-0.2, 0) is 13.1 Å². The average Bonchev–Trinajstić information content (AvgIpc) is 3.10. The van der Waals surface area contributed by atoms with Crippen LogP contribution >= 0.6 is 11.6 Å². The molecule has 6 heteroatoms. The molecule has 2 heterocycles. The number of hydrogen-bond donors (Lipinski definition) is 0. The third kappa shape index (κ3) is 3.55. The Balaban J connectivity index is 1.71. The Morgan fingerprint density at radius 1 is 1.00 bits per heavy atom. The van der Waals surface area contributed by atoms with E-state index in [4.69, 9.17) is 21.3 Å². The maximum atomic E-state index is 13.7. The second kappa shape index (κ2) is 8.17. The molecule has 0 saturated heterocycles. The van der Waals surface area contributed by atoms with Crippen molar-refractivity contribution in [1.29, 1.82) is 0 Å². The molecule has 0 N–H and O–H groups in total. The van der Waals surface area contributed by atoms with E-state index in [1.807, 2.05) is 60.0 Å². The minimum atomic E-state index is -0.0845. The van der Waals surface area contributed by atoms with E-state index < -0.39 is 0 Å². The molecule has 0 aliphatic carbocycles. The molecule has 0 aliphatic rings. The van der Waals surface area contributed by atoms with Crippen molar-refractivity contribution in [2.75, 3.05) is 7.11 Å². The fourth-order valence-corrected chi connectivity index (χ4v) is 4.35. The summed E-state index contributed by atoms with van der Waals surface area (Å²) in [5.41, 5.74) is 5.22. The minimum Gasteiger partial charge on any atom is -0.497 e. The quantitative estimate of drug-likeness (QED) is 0.364. The van der Waals surface area contributed by atoms with Crippen LogP contribution in [0.1, 0.15) is 16.7 Å². The second-order valence-electron chi connectivity index (χ2n) is 7.92. The van der Waals surface area contributed by atoms with E-state index in [9.17, 15) is 4.79 Å². The Labute approximate surface area is 190 Å². The number of ether oxygens (including phenoxy) is 1. The van der Waals surface area contributed by atoms with Gasteiger partial charge in [-0.3, -0.25) is 9.36 Å². The van der Waals surface area contributed by atoms with Gasteiger partial charge in [-0.25, -0.2) is 4.98 Å². The maximum Gasteiger partial charge on any atom is 0.278 e. The Bertz CT molecular complexity index is 1520. The van der Waals surface area contributed by atoms with Gasteiger partial charge in [0.2, 0.25) is 0 Å². The third-order valence-electron chi connectivity index (χ3n) is 5.76. The van der Waals surface area contributed by atoms with E-state index in [-0.39, 0.29) is 5.56 Å². The Hall–Kier alpha value is -3.57. The topological polar surface area (TPSA) is 49.0 Å². The average molecular weight is 444 g/mol. The van der Waals surface area contributed by atoms with Crippen molar-refractivity contribution < 1.29 is 4.74 Å². The predicted molar refractivity (Wildman–Crippen MR) is 129 cm³/mol. The maximum absolute atomic E-state index is 13.7. The van der Waals surface area contributed by atoms with E-state index in [1.165, 1.54) is 0 Å². The highest BCUT2D eigenvalue weighted by atomic mass is 35.5. The van der Waals surface area contributed by atoms with Crippen molar-refractivity contribution in [1.82, 2.24) is 14.1 Å². The van der Waals surface area contributed by atoms with Gasteiger partial charge >= 0.3 is 0 Å². The molecule has 0 spiro atoms. The molecule has 0 fully saturated rings. The van der Waals surface area contributed by atoms with Crippen molar-refractivity contribution >= 4 is 33.5 Å². The van der Waals surface area contributed by atoms with Gasteiger partial charge < -0.3 is 9.30 Å². The fourth-order valence-electron chi connectivity index (χ4n) is 4.16. The zero-order chi connectivity index (χ0) is 22.2. The summed E-state index contributed by atoms with van der Waals surface area (Å²) in [6, 6.07) is 21.6. The minimum absolute atomic E-state index is 0.0845. The first-order chi connectivity index (χ1) is 15.5. The first-order valence-corrected chi connectivity index (χ1v) is 10.8. The lowest BCUT2D eigenvalue weighted by atomic mass is 10.1. The molecule has 0 saturated carbocycles. The van der Waals surface area contributed by atoms with Gasteiger partial charge in [0.25, 0.3) is 5.56 Å². The van der Waals surface area contributed by atoms with E-state index in [0.29, 0.717) is 29.1 Å². The molecular weight excluding hydrogens is 422 g/mol. The highest BCUT2D eigenvalue weighted by molar-refractivity contribution is 6.31. The number of methoxy groups -OCH3 is 1. The van der Waals surface area contributed by atoms with Crippen molar-refractivity contribution in [3.05, 3.63) is 105 Å². The number of hydrogen-bond acceptors (Lipinski definition) is 3. The summed E-state index contributed by atoms with van der Waals surface area (Å²) in [6.45, 7) is 2.94. The van der Waals surface area contributed by atoms with Gasteiger partial charge in [0.1, 0.15) is 16.8 Å². The summed E-state index contributed by atoms with van der Waals surface area (Å²) in [7, 11) is 1.63. The van der Waals surface area contributed by atoms with Crippen LogP contribution in [0.5, 0.6) is 5.75 Å². The molecule has 3 aromatic carbocycles.